The summed E-state index contributed by atoms with van der Waals surface area (Å²) in [6, 6.07) is 4.02. The first kappa shape index (κ1) is 11.2. The van der Waals surface area contributed by atoms with Crippen LogP contribution in [0.5, 0.6) is 0 Å². The zero-order valence-electron chi connectivity index (χ0n) is 8.05. The monoisotopic (exact) mass is 211 g/mol. The van der Waals surface area contributed by atoms with Crippen LogP contribution in [0.4, 0.5) is 4.39 Å². The molecule has 0 spiro atoms. The molecule has 15 heavy (non-hydrogen) atoms. The Labute approximate surface area is 85.9 Å². The lowest BCUT2D eigenvalue weighted by Gasteiger charge is -2.20. The molecule has 1 N–H and O–H groups in total. The molecular formula is C10H10FNO3. The minimum Gasteiger partial charge on any atom is -0.479 e. The highest BCUT2D eigenvalue weighted by Crippen LogP contribution is 2.19. The van der Waals surface area contributed by atoms with Crippen LogP contribution in [0.25, 0.3) is 0 Å². The van der Waals surface area contributed by atoms with Crippen LogP contribution in [0.1, 0.15) is 11.6 Å². The fourth-order valence-corrected chi connectivity index (χ4v) is 1.29. The molecule has 0 aromatic heterocycles. The molecule has 0 radical (unpaired) electrons. The lowest BCUT2D eigenvalue weighted by molar-refractivity contribution is -0.145. The van der Waals surface area contributed by atoms with E-state index < -0.39 is 17.8 Å². The van der Waals surface area contributed by atoms with Gasteiger partial charge in [-0.1, -0.05) is 12.1 Å². The Morgan fingerprint density at radius 1 is 1.60 bits per heavy atom. The summed E-state index contributed by atoms with van der Waals surface area (Å²) in [4.78, 5) is 22.3. The molecule has 1 unspecified atom stereocenters. The Morgan fingerprint density at radius 3 is 2.73 bits per heavy atom. The van der Waals surface area contributed by atoms with Crippen molar-refractivity contribution in [1.29, 1.82) is 0 Å². The Morgan fingerprint density at radius 2 is 2.27 bits per heavy atom. The van der Waals surface area contributed by atoms with Crippen molar-refractivity contribution >= 4 is 12.4 Å². The number of hydrogen-bond donors (Lipinski definition) is 1. The van der Waals surface area contributed by atoms with E-state index in [1.807, 2.05) is 0 Å². The first-order valence-corrected chi connectivity index (χ1v) is 4.21. The molecule has 0 heterocycles. The smallest absolute Gasteiger partial charge is 0.331 e. The van der Waals surface area contributed by atoms with Crippen molar-refractivity contribution in [3.8, 4) is 0 Å². The van der Waals surface area contributed by atoms with Crippen LogP contribution in [0, 0.1) is 5.82 Å². The summed E-state index contributed by atoms with van der Waals surface area (Å²) < 4.78 is 12.9. The standard InChI is InChI=1S/C10H10FNO3/c1-12(6-13)9(10(14)15)7-3-2-4-8(11)5-7/h2-6,9H,1H3,(H,14,15). The number of nitrogens with zero attached hydrogens (tertiary/aromatic N) is 1. The van der Waals surface area contributed by atoms with Crippen LogP contribution < -0.4 is 0 Å². The topological polar surface area (TPSA) is 57.6 Å². The van der Waals surface area contributed by atoms with Crippen molar-refractivity contribution < 1.29 is 19.1 Å². The van der Waals surface area contributed by atoms with Gasteiger partial charge in [0, 0.05) is 7.05 Å². The van der Waals surface area contributed by atoms with Crippen molar-refractivity contribution in [1.82, 2.24) is 4.90 Å². The van der Waals surface area contributed by atoms with Crippen LogP contribution in [0.3, 0.4) is 0 Å². The van der Waals surface area contributed by atoms with E-state index in [9.17, 15) is 14.0 Å². The van der Waals surface area contributed by atoms with Gasteiger partial charge in [-0.15, -0.1) is 0 Å². The van der Waals surface area contributed by atoms with Gasteiger partial charge in [0.2, 0.25) is 6.41 Å². The largest absolute Gasteiger partial charge is 0.479 e. The highest BCUT2D eigenvalue weighted by molar-refractivity contribution is 5.78. The van der Waals surface area contributed by atoms with E-state index in [-0.39, 0.29) is 5.56 Å². The third-order valence-electron chi connectivity index (χ3n) is 1.97. The number of aliphatic carboxylic acids is 1. The molecule has 0 aliphatic heterocycles. The quantitative estimate of drug-likeness (QED) is 0.757. The minimum absolute atomic E-state index is 0.233. The van der Waals surface area contributed by atoms with Crippen molar-refractivity contribution in [2.24, 2.45) is 0 Å². The highest BCUT2D eigenvalue weighted by atomic mass is 19.1. The zero-order chi connectivity index (χ0) is 11.4. The van der Waals surface area contributed by atoms with Gasteiger partial charge in [-0.05, 0) is 17.7 Å². The lowest BCUT2D eigenvalue weighted by atomic mass is 10.1. The summed E-state index contributed by atoms with van der Waals surface area (Å²) in [5.74, 6) is -1.73. The number of hydrogen-bond acceptors (Lipinski definition) is 2. The molecule has 0 aliphatic carbocycles. The van der Waals surface area contributed by atoms with Gasteiger partial charge in [-0.3, -0.25) is 4.79 Å². The van der Waals surface area contributed by atoms with Gasteiger partial charge in [-0.25, -0.2) is 9.18 Å². The number of carbonyl (C=O) groups excluding carboxylic acids is 1. The third kappa shape index (κ3) is 2.52. The summed E-state index contributed by atoms with van der Waals surface area (Å²) >= 11 is 0. The normalized spacial score (nSPS) is 11.9. The SMILES string of the molecule is CN(C=O)C(C(=O)O)c1cccc(F)c1. The van der Waals surface area contributed by atoms with Gasteiger partial charge in [-0.2, -0.15) is 0 Å². The van der Waals surface area contributed by atoms with Crippen molar-refractivity contribution in [3.05, 3.63) is 35.6 Å². The van der Waals surface area contributed by atoms with E-state index in [1.165, 1.54) is 25.2 Å². The predicted molar refractivity (Wildman–Crippen MR) is 50.6 cm³/mol. The van der Waals surface area contributed by atoms with Gasteiger partial charge in [0.05, 0.1) is 0 Å². The first-order chi connectivity index (χ1) is 7.06. The molecule has 80 valence electrons. The Kier molecular flexibility index (Phi) is 3.38. The Hall–Kier alpha value is -1.91. The number of carbonyl (C=O) groups is 2. The van der Waals surface area contributed by atoms with Crippen LogP contribution >= 0.6 is 0 Å². The molecule has 5 heteroatoms. The van der Waals surface area contributed by atoms with Gasteiger partial charge in [0.15, 0.2) is 6.04 Å². The average molecular weight is 211 g/mol. The highest BCUT2D eigenvalue weighted by Gasteiger charge is 2.23. The summed E-state index contributed by atoms with van der Waals surface area (Å²) in [6.45, 7) is 0. The molecule has 0 bridgehead atoms. The van der Waals surface area contributed by atoms with Crippen molar-refractivity contribution in [3.63, 3.8) is 0 Å². The second kappa shape index (κ2) is 4.54. The van der Waals surface area contributed by atoms with Crippen LogP contribution in [-0.2, 0) is 9.59 Å². The summed E-state index contributed by atoms with van der Waals surface area (Å²) in [7, 11) is 1.33. The lowest BCUT2D eigenvalue weighted by Crippen LogP contribution is -2.29. The maximum absolute atomic E-state index is 12.9. The molecule has 0 saturated carbocycles. The number of benzene rings is 1. The Balaban J connectivity index is 3.09. The van der Waals surface area contributed by atoms with E-state index in [4.69, 9.17) is 5.11 Å². The van der Waals surface area contributed by atoms with E-state index in [2.05, 4.69) is 0 Å². The van der Waals surface area contributed by atoms with Gasteiger partial charge in [0.1, 0.15) is 5.82 Å². The van der Waals surface area contributed by atoms with E-state index in [0.717, 1.165) is 11.0 Å². The molecule has 1 aromatic rings. The molecule has 1 rings (SSSR count). The molecular weight excluding hydrogens is 201 g/mol. The van der Waals surface area contributed by atoms with Crippen LogP contribution in [-0.4, -0.2) is 29.4 Å². The molecule has 0 saturated heterocycles. The maximum atomic E-state index is 12.9. The second-order valence-electron chi connectivity index (χ2n) is 3.07. The molecule has 1 aromatic carbocycles. The number of rotatable bonds is 4. The fourth-order valence-electron chi connectivity index (χ4n) is 1.29. The van der Waals surface area contributed by atoms with Crippen molar-refractivity contribution in [2.45, 2.75) is 6.04 Å². The second-order valence-corrected chi connectivity index (χ2v) is 3.07. The summed E-state index contributed by atoms with van der Waals surface area (Å²) in [6.07, 6.45) is 0.393. The van der Waals surface area contributed by atoms with Gasteiger partial charge < -0.3 is 10.0 Å². The van der Waals surface area contributed by atoms with E-state index in [0.29, 0.717) is 6.41 Å². The van der Waals surface area contributed by atoms with Crippen LogP contribution in [0.15, 0.2) is 24.3 Å². The molecule has 1 atom stereocenters. The predicted octanol–water partition coefficient (Wildman–Crippen LogP) is 1.04. The number of carboxylic acid groups (broad SMARTS) is 1. The van der Waals surface area contributed by atoms with Crippen LogP contribution in [0.2, 0.25) is 0 Å². The molecule has 4 nitrogen and oxygen atoms in total. The Bertz CT molecular complexity index is 381. The van der Waals surface area contributed by atoms with Gasteiger partial charge >= 0.3 is 5.97 Å². The number of halogens is 1. The number of amides is 1. The van der Waals surface area contributed by atoms with E-state index >= 15 is 0 Å². The van der Waals surface area contributed by atoms with E-state index in [1.54, 1.807) is 0 Å². The summed E-state index contributed by atoms with van der Waals surface area (Å²) in [5, 5.41) is 8.90. The summed E-state index contributed by atoms with van der Waals surface area (Å²) in [5.41, 5.74) is 0.233. The van der Waals surface area contributed by atoms with Crippen molar-refractivity contribution in [2.75, 3.05) is 7.05 Å². The van der Waals surface area contributed by atoms with Gasteiger partial charge in [0.25, 0.3) is 0 Å². The number of likely N-dealkylation sites (N-methyl/N-ethyl adjacent to an activating group) is 1. The maximum Gasteiger partial charge on any atom is 0.331 e. The third-order valence-corrected chi connectivity index (χ3v) is 1.97. The molecule has 1 amide bonds. The average Bonchev–Trinajstić information content (AvgIpc) is 2.17. The molecule has 0 fully saturated rings. The molecule has 0 aliphatic rings. The minimum atomic E-state index is -1.20. The zero-order valence-corrected chi connectivity index (χ0v) is 8.05. The number of carboxylic acids is 1. The fraction of sp³-hybridized carbons (Fsp3) is 0.200. The first-order valence-electron chi connectivity index (χ1n) is 4.21.